The summed E-state index contributed by atoms with van der Waals surface area (Å²) >= 11 is 0. The van der Waals surface area contributed by atoms with Crippen molar-refractivity contribution in [2.24, 2.45) is 0 Å². The minimum atomic E-state index is -1.21. The van der Waals surface area contributed by atoms with Gasteiger partial charge in [0.1, 0.15) is 5.75 Å². The number of aromatic nitrogens is 2. The van der Waals surface area contributed by atoms with Crippen LogP contribution in [0.4, 0.5) is 0 Å². The van der Waals surface area contributed by atoms with Gasteiger partial charge in [-0.05, 0) is 51.1 Å². The van der Waals surface area contributed by atoms with Gasteiger partial charge in [0.25, 0.3) is 5.56 Å². The summed E-state index contributed by atoms with van der Waals surface area (Å²) in [6, 6.07) is 9.01. The van der Waals surface area contributed by atoms with Crippen LogP contribution in [0.2, 0.25) is 0 Å². The monoisotopic (exact) mass is 274 g/mol. The van der Waals surface area contributed by atoms with Gasteiger partial charge in [0.05, 0.1) is 23.5 Å². The van der Waals surface area contributed by atoms with Crippen molar-refractivity contribution in [3.8, 4) is 17.0 Å². The maximum atomic E-state index is 11.7. The first-order valence-electron chi connectivity index (χ1n) is 6.47. The number of hydrogen-bond donors (Lipinski definition) is 2. The second kappa shape index (κ2) is 5.46. The SMILES string of the molecule is CCOc1ccc(-c2cc(C(C)(C)O)c(=O)[nH]n2)cc1. The molecule has 5 heteroatoms. The van der Waals surface area contributed by atoms with Crippen LogP contribution in [0.1, 0.15) is 26.3 Å². The number of aromatic amines is 1. The van der Waals surface area contributed by atoms with Crippen LogP contribution in [0.25, 0.3) is 11.3 Å². The average molecular weight is 274 g/mol. The van der Waals surface area contributed by atoms with E-state index >= 15 is 0 Å². The minimum Gasteiger partial charge on any atom is -0.494 e. The van der Waals surface area contributed by atoms with E-state index in [2.05, 4.69) is 10.2 Å². The fourth-order valence-corrected chi connectivity index (χ4v) is 1.90. The number of benzene rings is 1. The fourth-order valence-electron chi connectivity index (χ4n) is 1.90. The molecule has 1 heterocycles. The van der Waals surface area contributed by atoms with Gasteiger partial charge in [-0.25, -0.2) is 5.10 Å². The number of nitrogens with one attached hydrogen (secondary N) is 1. The molecule has 0 aliphatic heterocycles. The lowest BCUT2D eigenvalue weighted by Gasteiger charge is -2.16. The van der Waals surface area contributed by atoms with Crippen LogP contribution in [-0.4, -0.2) is 21.9 Å². The van der Waals surface area contributed by atoms with Gasteiger partial charge in [-0.15, -0.1) is 0 Å². The lowest BCUT2D eigenvalue weighted by atomic mass is 9.98. The van der Waals surface area contributed by atoms with Crippen molar-refractivity contribution in [1.82, 2.24) is 10.2 Å². The molecule has 2 rings (SSSR count). The van der Waals surface area contributed by atoms with Crippen LogP contribution >= 0.6 is 0 Å². The molecule has 0 bridgehead atoms. The Labute approximate surface area is 117 Å². The van der Waals surface area contributed by atoms with Crippen molar-refractivity contribution in [3.05, 3.63) is 46.2 Å². The van der Waals surface area contributed by atoms with Crippen molar-refractivity contribution < 1.29 is 9.84 Å². The van der Waals surface area contributed by atoms with Gasteiger partial charge in [0.2, 0.25) is 0 Å². The van der Waals surface area contributed by atoms with E-state index in [1.54, 1.807) is 19.9 Å². The van der Waals surface area contributed by atoms with Crippen LogP contribution in [0, 0.1) is 0 Å². The number of H-pyrrole nitrogens is 1. The summed E-state index contributed by atoms with van der Waals surface area (Å²) in [6.45, 7) is 5.67. The summed E-state index contributed by atoms with van der Waals surface area (Å²) in [5.74, 6) is 0.781. The van der Waals surface area contributed by atoms with Crippen LogP contribution < -0.4 is 10.3 Å². The molecule has 20 heavy (non-hydrogen) atoms. The van der Waals surface area contributed by atoms with Crippen molar-refractivity contribution in [3.63, 3.8) is 0 Å². The maximum Gasteiger partial charge on any atom is 0.270 e. The molecule has 0 aliphatic rings. The Hall–Kier alpha value is -2.14. The molecule has 1 aromatic heterocycles. The average Bonchev–Trinajstić information content (AvgIpc) is 2.39. The Bertz CT molecular complexity index is 639. The van der Waals surface area contributed by atoms with Gasteiger partial charge in [-0.2, -0.15) is 5.10 Å². The zero-order valence-electron chi connectivity index (χ0n) is 11.8. The molecule has 0 saturated heterocycles. The number of hydrogen-bond acceptors (Lipinski definition) is 4. The molecular weight excluding hydrogens is 256 g/mol. The van der Waals surface area contributed by atoms with E-state index in [4.69, 9.17) is 4.74 Å². The summed E-state index contributed by atoms with van der Waals surface area (Å²) in [4.78, 5) is 11.7. The second-order valence-electron chi connectivity index (χ2n) is 5.01. The third-order valence-corrected chi connectivity index (χ3v) is 2.92. The molecule has 0 atom stereocenters. The van der Waals surface area contributed by atoms with Gasteiger partial charge in [0.15, 0.2) is 0 Å². The maximum absolute atomic E-state index is 11.7. The molecule has 0 amide bonds. The number of nitrogens with zero attached hydrogens (tertiary/aromatic N) is 1. The molecule has 0 aliphatic carbocycles. The van der Waals surface area contributed by atoms with Crippen molar-refractivity contribution in [2.75, 3.05) is 6.61 Å². The van der Waals surface area contributed by atoms with E-state index in [-0.39, 0.29) is 11.1 Å². The Morgan fingerprint density at radius 1 is 1.30 bits per heavy atom. The molecule has 0 fully saturated rings. The van der Waals surface area contributed by atoms with Gasteiger partial charge in [-0.1, -0.05) is 0 Å². The third kappa shape index (κ3) is 3.05. The van der Waals surface area contributed by atoms with Crippen molar-refractivity contribution in [2.45, 2.75) is 26.4 Å². The first kappa shape index (κ1) is 14.3. The molecule has 2 N–H and O–H groups in total. The van der Waals surface area contributed by atoms with Crippen LogP contribution in [0.15, 0.2) is 35.1 Å². The summed E-state index contributed by atoms with van der Waals surface area (Å²) in [5, 5.41) is 16.4. The lowest BCUT2D eigenvalue weighted by molar-refractivity contribution is 0.0769. The fraction of sp³-hybridized carbons (Fsp3) is 0.333. The van der Waals surface area contributed by atoms with Crippen molar-refractivity contribution in [1.29, 1.82) is 0 Å². The van der Waals surface area contributed by atoms with Crippen molar-refractivity contribution >= 4 is 0 Å². The summed E-state index contributed by atoms with van der Waals surface area (Å²) in [7, 11) is 0. The first-order chi connectivity index (χ1) is 9.41. The zero-order valence-corrected chi connectivity index (χ0v) is 11.8. The van der Waals surface area contributed by atoms with E-state index in [0.29, 0.717) is 12.3 Å². The summed E-state index contributed by atoms with van der Waals surface area (Å²) in [6.07, 6.45) is 0. The predicted octanol–water partition coefficient (Wildman–Crippen LogP) is 2.06. The second-order valence-corrected chi connectivity index (χ2v) is 5.01. The van der Waals surface area contributed by atoms with E-state index < -0.39 is 5.60 Å². The molecule has 0 unspecified atom stereocenters. The molecule has 1 aromatic carbocycles. The standard InChI is InChI=1S/C15H18N2O3/c1-4-20-11-7-5-10(6-8-11)13-9-12(15(2,3)19)14(18)17-16-13/h5-9,19H,4H2,1-3H3,(H,17,18). The minimum absolute atomic E-state index is 0.288. The molecule has 106 valence electrons. The molecule has 0 saturated carbocycles. The van der Waals surface area contributed by atoms with E-state index in [0.717, 1.165) is 11.3 Å². The molecular formula is C15H18N2O3. The Balaban J connectivity index is 2.40. The molecule has 2 aromatic rings. The van der Waals surface area contributed by atoms with Gasteiger partial charge in [-0.3, -0.25) is 4.79 Å². The largest absolute Gasteiger partial charge is 0.494 e. The first-order valence-corrected chi connectivity index (χ1v) is 6.47. The number of ether oxygens (including phenoxy) is 1. The summed E-state index contributed by atoms with van der Waals surface area (Å²) in [5.41, 5.74) is 0.139. The topological polar surface area (TPSA) is 75.2 Å². The van der Waals surface area contributed by atoms with Gasteiger partial charge in [0, 0.05) is 5.56 Å². The molecule has 0 spiro atoms. The predicted molar refractivity (Wildman–Crippen MR) is 76.7 cm³/mol. The normalized spacial score (nSPS) is 11.4. The molecule has 5 nitrogen and oxygen atoms in total. The third-order valence-electron chi connectivity index (χ3n) is 2.92. The molecule has 0 radical (unpaired) electrons. The quantitative estimate of drug-likeness (QED) is 0.895. The summed E-state index contributed by atoms with van der Waals surface area (Å²) < 4.78 is 5.38. The highest BCUT2D eigenvalue weighted by Crippen LogP contribution is 2.23. The zero-order chi connectivity index (χ0) is 14.8. The lowest BCUT2D eigenvalue weighted by Crippen LogP contribution is -2.27. The Morgan fingerprint density at radius 2 is 1.95 bits per heavy atom. The van der Waals surface area contributed by atoms with Gasteiger partial charge >= 0.3 is 0 Å². The Morgan fingerprint density at radius 3 is 2.50 bits per heavy atom. The number of aliphatic hydroxyl groups is 1. The smallest absolute Gasteiger partial charge is 0.270 e. The van der Waals surface area contributed by atoms with Gasteiger partial charge < -0.3 is 9.84 Å². The van der Waals surface area contributed by atoms with Crippen LogP contribution in [0.3, 0.4) is 0 Å². The van der Waals surface area contributed by atoms with E-state index in [9.17, 15) is 9.90 Å². The highest BCUT2D eigenvalue weighted by atomic mass is 16.5. The van der Waals surface area contributed by atoms with Crippen LogP contribution in [0.5, 0.6) is 5.75 Å². The van der Waals surface area contributed by atoms with E-state index in [1.165, 1.54) is 0 Å². The highest BCUT2D eigenvalue weighted by Gasteiger charge is 2.21. The van der Waals surface area contributed by atoms with Crippen LogP contribution in [-0.2, 0) is 5.60 Å². The highest BCUT2D eigenvalue weighted by molar-refractivity contribution is 5.60. The number of rotatable bonds is 4. The van der Waals surface area contributed by atoms with E-state index in [1.807, 2.05) is 31.2 Å². The Kier molecular flexibility index (Phi) is 3.90.